The fourth-order valence-electron chi connectivity index (χ4n) is 5.90. The Kier molecular flexibility index (Phi) is 3.73. The molecule has 2 heteroatoms. The zero-order valence-corrected chi connectivity index (χ0v) is 19.3. The molecule has 0 unspecified atom stereocenters. The van der Waals surface area contributed by atoms with Gasteiger partial charge in [-0.05, 0) is 51.9 Å². The molecule has 0 spiro atoms. The summed E-state index contributed by atoms with van der Waals surface area (Å²) in [6.07, 6.45) is 0. The van der Waals surface area contributed by atoms with Gasteiger partial charge in [-0.2, -0.15) is 0 Å². The third kappa shape index (κ3) is 2.43. The molecule has 33 heavy (non-hydrogen) atoms. The number of para-hydroxylation sites is 1. The fourth-order valence-corrected chi connectivity index (χ4v) is 6.16. The number of halogens is 1. The van der Waals surface area contributed by atoms with E-state index in [9.17, 15) is 0 Å². The van der Waals surface area contributed by atoms with Gasteiger partial charge in [-0.15, -0.1) is 0 Å². The van der Waals surface area contributed by atoms with Crippen molar-refractivity contribution < 1.29 is 0 Å². The van der Waals surface area contributed by atoms with Gasteiger partial charge in [-0.25, -0.2) is 0 Å². The Morgan fingerprint density at radius 2 is 1.27 bits per heavy atom. The zero-order chi connectivity index (χ0) is 22.3. The van der Waals surface area contributed by atoms with Crippen LogP contribution in [0.3, 0.4) is 0 Å². The first-order valence-corrected chi connectivity index (χ1v) is 11.8. The molecule has 1 heterocycles. The number of benzene rings is 5. The van der Waals surface area contributed by atoms with Gasteiger partial charge in [0.05, 0.1) is 16.1 Å². The minimum atomic E-state index is -0.0367. The predicted molar refractivity (Wildman–Crippen MR) is 141 cm³/mol. The molecule has 6 aromatic rings. The van der Waals surface area contributed by atoms with E-state index in [-0.39, 0.29) is 5.41 Å². The summed E-state index contributed by atoms with van der Waals surface area (Å²) in [5.41, 5.74) is 8.94. The highest BCUT2D eigenvalue weighted by molar-refractivity contribution is 6.38. The molecular weight excluding hydrogens is 422 g/mol. The number of fused-ring (bicyclic) bond motifs is 8. The van der Waals surface area contributed by atoms with Crippen LogP contribution in [0.15, 0.2) is 97.1 Å². The van der Waals surface area contributed by atoms with Crippen LogP contribution in [0, 0.1) is 0 Å². The largest absolute Gasteiger partial charge is 0.309 e. The van der Waals surface area contributed by atoms with Crippen LogP contribution in [-0.4, -0.2) is 4.57 Å². The van der Waals surface area contributed by atoms with Crippen LogP contribution >= 0.6 is 11.6 Å². The molecule has 1 aliphatic carbocycles. The maximum absolute atomic E-state index is 6.81. The van der Waals surface area contributed by atoms with Crippen molar-refractivity contribution in [3.8, 4) is 16.8 Å². The van der Waals surface area contributed by atoms with Crippen LogP contribution in [0.5, 0.6) is 0 Å². The third-order valence-corrected chi connectivity index (χ3v) is 7.77. The molecule has 0 atom stereocenters. The number of hydrogen-bond donors (Lipinski definition) is 0. The van der Waals surface area contributed by atoms with Gasteiger partial charge in [-0.1, -0.05) is 98.2 Å². The van der Waals surface area contributed by atoms with Crippen molar-refractivity contribution in [3.05, 3.63) is 113 Å². The lowest BCUT2D eigenvalue weighted by Gasteiger charge is -2.22. The molecule has 1 aromatic heterocycles. The van der Waals surface area contributed by atoms with E-state index in [0.717, 1.165) is 15.9 Å². The Morgan fingerprint density at radius 3 is 2.12 bits per heavy atom. The summed E-state index contributed by atoms with van der Waals surface area (Å²) in [5.74, 6) is 0. The summed E-state index contributed by atoms with van der Waals surface area (Å²) in [4.78, 5) is 0. The van der Waals surface area contributed by atoms with E-state index in [1.165, 1.54) is 49.6 Å². The molecule has 0 saturated carbocycles. The minimum Gasteiger partial charge on any atom is -0.309 e. The van der Waals surface area contributed by atoms with Crippen molar-refractivity contribution >= 4 is 44.2 Å². The first kappa shape index (κ1) is 19.0. The van der Waals surface area contributed by atoms with Gasteiger partial charge in [0.2, 0.25) is 0 Å². The van der Waals surface area contributed by atoms with E-state index in [4.69, 9.17) is 11.6 Å². The molecule has 0 radical (unpaired) electrons. The molecule has 0 aliphatic heterocycles. The number of rotatable bonds is 1. The molecule has 0 amide bonds. The summed E-state index contributed by atoms with van der Waals surface area (Å²) >= 11 is 6.81. The summed E-state index contributed by atoms with van der Waals surface area (Å²) in [6, 6.07) is 35.0. The predicted octanol–water partition coefficient (Wildman–Crippen LogP) is 8.90. The lowest BCUT2D eigenvalue weighted by atomic mass is 9.82. The summed E-state index contributed by atoms with van der Waals surface area (Å²) in [5, 5.41) is 5.59. The van der Waals surface area contributed by atoms with Crippen molar-refractivity contribution in [3.63, 3.8) is 0 Å². The molecule has 0 saturated heterocycles. The minimum absolute atomic E-state index is 0.0367. The molecule has 158 valence electrons. The second kappa shape index (κ2) is 6.50. The first-order valence-electron chi connectivity index (χ1n) is 11.4. The topological polar surface area (TPSA) is 4.93 Å². The fraction of sp³-hybridized carbons (Fsp3) is 0.0968. The highest BCUT2D eigenvalue weighted by Crippen LogP contribution is 2.49. The van der Waals surface area contributed by atoms with Gasteiger partial charge in [0, 0.05) is 27.3 Å². The van der Waals surface area contributed by atoms with Crippen molar-refractivity contribution in [2.45, 2.75) is 19.3 Å². The molecule has 0 fully saturated rings. The summed E-state index contributed by atoms with van der Waals surface area (Å²) < 4.78 is 2.38. The number of hydrogen-bond acceptors (Lipinski definition) is 0. The Morgan fingerprint density at radius 1 is 0.606 bits per heavy atom. The zero-order valence-electron chi connectivity index (χ0n) is 18.6. The van der Waals surface area contributed by atoms with E-state index in [2.05, 4.69) is 115 Å². The van der Waals surface area contributed by atoms with Gasteiger partial charge in [-0.3, -0.25) is 0 Å². The lowest BCUT2D eigenvalue weighted by molar-refractivity contribution is 0.660. The Labute approximate surface area is 197 Å². The summed E-state index contributed by atoms with van der Waals surface area (Å²) in [6.45, 7) is 4.66. The quantitative estimate of drug-likeness (QED) is 0.239. The van der Waals surface area contributed by atoms with E-state index in [1.54, 1.807) is 0 Å². The average Bonchev–Trinajstić information content (AvgIpc) is 3.29. The molecule has 7 rings (SSSR count). The monoisotopic (exact) mass is 443 g/mol. The van der Waals surface area contributed by atoms with Gasteiger partial charge in [0.1, 0.15) is 0 Å². The smallest absolute Gasteiger partial charge is 0.0562 e. The van der Waals surface area contributed by atoms with Crippen LogP contribution in [0.1, 0.15) is 25.0 Å². The van der Waals surface area contributed by atoms with Crippen LogP contribution in [0.4, 0.5) is 0 Å². The molecule has 1 aliphatic rings. The SMILES string of the molecule is CC1(C)c2ccccc2-c2ccc(-n3c4ccccc4c4c5ccccc5c(Cl)cc43)cc21. The summed E-state index contributed by atoms with van der Waals surface area (Å²) in [7, 11) is 0. The number of nitrogens with zero attached hydrogens (tertiary/aromatic N) is 1. The lowest BCUT2D eigenvalue weighted by Crippen LogP contribution is -2.15. The van der Waals surface area contributed by atoms with E-state index < -0.39 is 0 Å². The molecule has 0 bridgehead atoms. The van der Waals surface area contributed by atoms with Crippen LogP contribution in [0.25, 0.3) is 49.4 Å². The Bertz CT molecular complexity index is 1750. The van der Waals surface area contributed by atoms with Gasteiger partial charge < -0.3 is 4.57 Å². The standard InChI is InChI=1S/C31H22ClN/c1-31(2)25-13-7-5-9-20(25)21-16-15-19(17-26(21)31)33-28-14-8-6-12-24(28)30-23-11-4-3-10-22(23)27(32)18-29(30)33/h3-18H,1-2H3. The van der Waals surface area contributed by atoms with Gasteiger partial charge in [0.15, 0.2) is 0 Å². The van der Waals surface area contributed by atoms with Crippen LogP contribution < -0.4 is 0 Å². The molecule has 5 aromatic carbocycles. The van der Waals surface area contributed by atoms with Crippen molar-refractivity contribution in [2.75, 3.05) is 0 Å². The van der Waals surface area contributed by atoms with Crippen LogP contribution in [0.2, 0.25) is 5.02 Å². The van der Waals surface area contributed by atoms with Crippen LogP contribution in [-0.2, 0) is 5.41 Å². The first-order chi connectivity index (χ1) is 16.1. The van der Waals surface area contributed by atoms with E-state index in [0.29, 0.717) is 0 Å². The second-order valence-electron chi connectivity index (χ2n) is 9.55. The van der Waals surface area contributed by atoms with E-state index >= 15 is 0 Å². The van der Waals surface area contributed by atoms with E-state index in [1.807, 2.05) is 0 Å². The highest BCUT2D eigenvalue weighted by atomic mass is 35.5. The Hall–Kier alpha value is -3.55. The number of aromatic nitrogens is 1. The normalized spacial score (nSPS) is 14.2. The molecule has 0 N–H and O–H groups in total. The van der Waals surface area contributed by atoms with Crippen molar-refractivity contribution in [1.82, 2.24) is 4.57 Å². The average molecular weight is 444 g/mol. The third-order valence-electron chi connectivity index (χ3n) is 7.45. The van der Waals surface area contributed by atoms with Crippen molar-refractivity contribution in [2.24, 2.45) is 0 Å². The molecule has 1 nitrogen and oxygen atoms in total. The highest BCUT2D eigenvalue weighted by Gasteiger charge is 2.35. The van der Waals surface area contributed by atoms with Gasteiger partial charge >= 0.3 is 0 Å². The maximum atomic E-state index is 6.81. The molecular formula is C31H22ClN. The van der Waals surface area contributed by atoms with Crippen molar-refractivity contribution in [1.29, 1.82) is 0 Å². The second-order valence-corrected chi connectivity index (χ2v) is 9.96. The maximum Gasteiger partial charge on any atom is 0.0562 e. The van der Waals surface area contributed by atoms with Gasteiger partial charge in [0.25, 0.3) is 0 Å². The Balaban J connectivity index is 1.60.